The number of benzene rings is 2. The standard InChI is InChI=1S/C29H30F3N5O3/c1-16(19-6-3-5-18(22(38)15-19)10-9-17-4-2-7-20(30)14-17)8-13-24-34-27-21-11-12-23-26(40-29(31,32)39-23)25(21)35-28(33)37(27)36-24/h2,4,7,11-12,14,16,18-19H,3,5-6,8-10,13,15H2,1H3,(H2,33,35). The normalized spacial score (nSPS) is 21.1. The smallest absolute Gasteiger partial charge is 0.395 e. The van der Waals surface area contributed by atoms with Crippen molar-refractivity contribution < 1.29 is 27.4 Å². The van der Waals surface area contributed by atoms with Gasteiger partial charge in [0, 0.05) is 24.1 Å². The molecule has 2 aliphatic rings. The molecule has 6 rings (SSSR count). The van der Waals surface area contributed by atoms with E-state index in [2.05, 4.69) is 31.5 Å². The lowest BCUT2D eigenvalue weighted by Crippen LogP contribution is -2.26. The third-order valence-corrected chi connectivity index (χ3v) is 8.23. The average molecular weight is 554 g/mol. The van der Waals surface area contributed by atoms with Crippen LogP contribution in [-0.2, 0) is 17.6 Å². The van der Waals surface area contributed by atoms with Gasteiger partial charge in [0.25, 0.3) is 0 Å². The summed E-state index contributed by atoms with van der Waals surface area (Å²) in [5.74, 6) is 0.884. The monoisotopic (exact) mass is 553 g/mol. The molecule has 1 fully saturated rings. The van der Waals surface area contributed by atoms with E-state index in [0.29, 0.717) is 41.9 Å². The molecule has 210 valence electrons. The van der Waals surface area contributed by atoms with Crippen LogP contribution in [0.15, 0.2) is 36.4 Å². The maximum absolute atomic E-state index is 13.6. The van der Waals surface area contributed by atoms with Gasteiger partial charge >= 0.3 is 6.29 Å². The molecule has 4 aromatic rings. The molecular weight excluding hydrogens is 523 g/mol. The van der Waals surface area contributed by atoms with Crippen LogP contribution in [0, 0.1) is 23.6 Å². The van der Waals surface area contributed by atoms with Crippen molar-refractivity contribution >= 4 is 28.3 Å². The molecule has 40 heavy (non-hydrogen) atoms. The molecule has 0 bridgehead atoms. The van der Waals surface area contributed by atoms with E-state index in [4.69, 9.17) is 5.73 Å². The zero-order valence-corrected chi connectivity index (χ0v) is 22.1. The van der Waals surface area contributed by atoms with Gasteiger partial charge in [-0.3, -0.25) is 4.79 Å². The highest BCUT2D eigenvalue weighted by atomic mass is 19.3. The van der Waals surface area contributed by atoms with Gasteiger partial charge < -0.3 is 15.2 Å². The van der Waals surface area contributed by atoms with E-state index in [0.717, 1.165) is 37.7 Å². The van der Waals surface area contributed by atoms with E-state index in [1.807, 2.05) is 6.07 Å². The summed E-state index contributed by atoms with van der Waals surface area (Å²) in [4.78, 5) is 22.0. The van der Waals surface area contributed by atoms with Gasteiger partial charge in [-0.1, -0.05) is 25.5 Å². The summed E-state index contributed by atoms with van der Waals surface area (Å²) in [5, 5.41) is 4.98. The number of hydrogen-bond acceptors (Lipinski definition) is 7. The summed E-state index contributed by atoms with van der Waals surface area (Å²) in [6.07, 6.45) is 2.43. The minimum atomic E-state index is -3.77. The van der Waals surface area contributed by atoms with Crippen LogP contribution in [0.1, 0.15) is 56.8 Å². The number of nitrogens with zero attached hydrogens (tertiary/aromatic N) is 4. The van der Waals surface area contributed by atoms with Crippen LogP contribution in [0.3, 0.4) is 0 Å². The van der Waals surface area contributed by atoms with Gasteiger partial charge in [-0.2, -0.15) is 4.52 Å². The number of halogens is 3. The van der Waals surface area contributed by atoms with Crippen molar-refractivity contribution in [1.82, 2.24) is 19.6 Å². The first-order valence-electron chi connectivity index (χ1n) is 13.7. The number of anilines is 1. The van der Waals surface area contributed by atoms with Crippen LogP contribution in [0.25, 0.3) is 16.6 Å². The van der Waals surface area contributed by atoms with E-state index in [1.165, 1.54) is 16.6 Å². The largest absolute Gasteiger partial charge is 0.586 e. The Balaban J connectivity index is 1.11. The van der Waals surface area contributed by atoms with Crippen LogP contribution in [-0.4, -0.2) is 31.7 Å². The van der Waals surface area contributed by atoms with Crippen LogP contribution >= 0.6 is 0 Å². The number of nitrogen functional groups attached to an aromatic ring is 1. The summed E-state index contributed by atoms with van der Waals surface area (Å²) in [6.45, 7) is 2.16. The molecule has 2 aromatic carbocycles. The number of ketones is 1. The first kappa shape index (κ1) is 26.3. The fourth-order valence-electron chi connectivity index (χ4n) is 5.98. The molecule has 2 aromatic heterocycles. The van der Waals surface area contributed by atoms with Crippen molar-refractivity contribution in [2.75, 3.05) is 5.73 Å². The molecule has 2 N–H and O–H groups in total. The topological polar surface area (TPSA) is 105 Å². The Labute approximate surface area is 228 Å². The van der Waals surface area contributed by atoms with Crippen LogP contribution < -0.4 is 15.2 Å². The number of ether oxygens (including phenoxy) is 2. The van der Waals surface area contributed by atoms with Gasteiger partial charge in [-0.15, -0.1) is 13.9 Å². The Bertz CT molecular complexity index is 1590. The summed E-state index contributed by atoms with van der Waals surface area (Å²) in [6, 6.07) is 9.56. The quantitative estimate of drug-likeness (QED) is 0.284. The zero-order chi connectivity index (χ0) is 28.0. The second-order valence-electron chi connectivity index (χ2n) is 10.9. The number of fused-ring (bicyclic) bond motifs is 5. The maximum atomic E-state index is 13.6. The number of hydrogen-bond donors (Lipinski definition) is 1. The minimum Gasteiger partial charge on any atom is -0.395 e. The lowest BCUT2D eigenvalue weighted by molar-refractivity contribution is -0.286. The predicted octanol–water partition coefficient (Wildman–Crippen LogP) is 5.90. The molecule has 0 spiro atoms. The van der Waals surface area contributed by atoms with Crippen LogP contribution in [0.4, 0.5) is 19.1 Å². The van der Waals surface area contributed by atoms with Gasteiger partial charge in [0.05, 0.1) is 0 Å². The Morgan fingerprint density at radius 1 is 1.15 bits per heavy atom. The van der Waals surface area contributed by atoms with E-state index in [9.17, 15) is 18.0 Å². The molecule has 3 atom stereocenters. The van der Waals surface area contributed by atoms with Crippen LogP contribution in [0.5, 0.6) is 11.5 Å². The molecular formula is C29H30F3N5O3. The number of rotatable bonds is 7. The van der Waals surface area contributed by atoms with Crippen molar-refractivity contribution in [3.05, 3.63) is 53.6 Å². The molecule has 0 saturated heterocycles. The van der Waals surface area contributed by atoms with Gasteiger partial charge in [0.1, 0.15) is 17.1 Å². The third kappa shape index (κ3) is 5.16. The highest BCUT2D eigenvalue weighted by Gasteiger charge is 2.45. The Hall–Kier alpha value is -3.89. The van der Waals surface area contributed by atoms with Gasteiger partial charge in [0.15, 0.2) is 23.0 Å². The third-order valence-electron chi connectivity index (χ3n) is 8.23. The second-order valence-corrected chi connectivity index (χ2v) is 10.9. The number of nitrogens with two attached hydrogens (primary N) is 1. The molecule has 0 amide bonds. The highest BCUT2D eigenvalue weighted by Crippen LogP contribution is 2.45. The fraction of sp³-hybridized carbons (Fsp3) is 0.448. The molecule has 8 nitrogen and oxygen atoms in total. The van der Waals surface area contributed by atoms with Crippen molar-refractivity contribution in [3.63, 3.8) is 0 Å². The maximum Gasteiger partial charge on any atom is 0.586 e. The van der Waals surface area contributed by atoms with Crippen molar-refractivity contribution in [3.8, 4) is 11.5 Å². The summed E-state index contributed by atoms with van der Waals surface area (Å²) >= 11 is 0. The number of carbonyl (C=O) groups is 1. The summed E-state index contributed by atoms with van der Waals surface area (Å²) in [7, 11) is 0. The Morgan fingerprint density at radius 3 is 2.83 bits per heavy atom. The molecule has 11 heteroatoms. The number of alkyl halides is 2. The number of aryl methyl sites for hydroxylation is 2. The summed E-state index contributed by atoms with van der Waals surface area (Å²) in [5.41, 5.74) is 7.55. The SMILES string of the molecule is CC(CCc1nc2c3ccc4c(c3nc(N)n2n1)OC(F)(F)O4)C1CCCC(CCc2cccc(F)c2)C(=O)C1. The molecule has 1 aliphatic carbocycles. The Morgan fingerprint density at radius 2 is 2.00 bits per heavy atom. The summed E-state index contributed by atoms with van der Waals surface area (Å²) < 4.78 is 51.4. The van der Waals surface area contributed by atoms with Crippen molar-refractivity contribution in [2.24, 2.45) is 17.8 Å². The van der Waals surface area contributed by atoms with Crippen molar-refractivity contribution in [1.29, 1.82) is 0 Å². The van der Waals surface area contributed by atoms with E-state index in [-0.39, 0.29) is 46.5 Å². The molecule has 3 unspecified atom stereocenters. The van der Waals surface area contributed by atoms with E-state index >= 15 is 0 Å². The second kappa shape index (κ2) is 10.3. The number of Topliss-reactive ketones (excluding diaryl/α,β-unsaturated/α-hetero) is 1. The Kier molecular flexibility index (Phi) is 6.75. The first-order valence-corrected chi connectivity index (χ1v) is 13.7. The lowest BCUT2D eigenvalue weighted by atomic mass is 9.83. The molecule has 0 radical (unpaired) electrons. The first-order chi connectivity index (χ1) is 19.2. The van der Waals surface area contributed by atoms with Gasteiger partial charge in [0.2, 0.25) is 5.95 Å². The van der Waals surface area contributed by atoms with Gasteiger partial charge in [-0.05, 0) is 73.8 Å². The number of aromatic nitrogens is 4. The van der Waals surface area contributed by atoms with E-state index < -0.39 is 6.29 Å². The molecule has 1 aliphatic heterocycles. The van der Waals surface area contributed by atoms with Gasteiger partial charge in [-0.25, -0.2) is 14.4 Å². The predicted molar refractivity (Wildman–Crippen MR) is 142 cm³/mol. The average Bonchev–Trinajstić information content (AvgIpc) is 3.42. The lowest BCUT2D eigenvalue weighted by Gasteiger charge is -2.21. The minimum absolute atomic E-state index is 0.000151. The zero-order valence-electron chi connectivity index (χ0n) is 22.1. The van der Waals surface area contributed by atoms with Crippen LogP contribution in [0.2, 0.25) is 0 Å². The molecule has 1 saturated carbocycles. The van der Waals surface area contributed by atoms with E-state index in [1.54, 1.807) is 18.2 Å². The molecule has 3 heterocycles. The number of carbonyl (C=O) groups excluding carboxylic acids is 1. The van der Waals surface area contributed by atoms with Crippen molar-refractivity contribution in [2.45, 2.75) is 64.6 Å². The fourth-order valence-corrected chi connectivity index (χ4v) is 5.98. The highest BCUT2D eigenvalue weighted by molar-refractivity contribution is 5.97.